The molecule has 122 valence electrons. The van der Waals surface area contributed by atoms with Gasteiger partial charge >= 0.3 is 11.9 Å². The van der Waals surface area contributed by atoms with Crippen LogP contribution in [0.2, 0.25) is 0 Å². The van der Waals surface area contributed by atoms with Gasteiger partial charge in [0.05, 0.1) is 11.8 Å². The van der Waals surface area contributed by atoms with Gasteiger partial charge in [0.2, 0.25) is 0 Å². The topological polar surface area (TPSA) is 61.8 Å². The van der Waals surface area contributed by atoms with E-state index in [2.05, 4.69) is 6.92 Å². The molecule has 0 aromatic carbocycles. The monoisotopic (exact) mass is 316 g/mol. The van der Waals surface area contributed by atoms with Gasteiger partial charge < -0.3 is 14.2 Å². The molecule has 4 aliphatic rings. The van der Waals surface area contributed by atoms with Crippen molar-refractivity contribution >= 4 is 11.9 Å². The summed E-state index contributed by atoms with van der Waals surface area (Å²) in [6.45, 7) is 3.89. The van der Waals surface area contributed by atoms with E-state index in [1.165, 1.54) is 23.8 Å². The number of cyclic esters (lactones) is 1. The van der Waals surface area contributed by atoms with E-state index in [0.717, 1.165) is 19.3 Å². The smallest absolute Gasteiger partial charge is 0.338 e. The third-order valence-corrected chi connectivity index (χ3v) is 5.32. The largest absolute Gasteiger partial charge is 0.458 e. The average molecular weight is 316 g/mol. The Morgan fingerprint density at radius 1 is 1.26 bits per heavy atom. The highest BCUT2D eigenvalue weighted by atomic mass is 16.7. The standard InChI is InChI=1S/C18H20O5/c1-9-4-3-5-11-7-12-13(18(20)23-16(12)15(9)11)8-21-14-6-10(2)17(19)22-14/h6,8-9,12,14,16H,3-5,7H2,1-2H3/b13-8-. The zero-order valence-electron chi connectivity index (χ0n) is 13.3. The maximum Gasteiger partial charge on any atom is 0.338 e. The van der Waals surface area contributed by atoms with E-state index in [1.807, 2.05) is 0 Å². The van der Waals surface area contributed by atoms with Gasteiger partial charge in [-0.15, -0.1) is 0 Å². The molecular weight excluding hydrogens is 296 g/mol. The van der Waals surface area contributed by atoms with Gasteiger partial charge in [-0.25, -0.2) is 9.59 Å². The van der Waals surface area contributed by atoms with E-state index in [0.29, 0.717) is 17.1 Å². The van der Waals surface area contributed by atoms with E-state index in [4.69, 9.17) is 14.2 Å². The molecule has 4 rings (SSSR count). The fraction of sp³-hybridized carbons (Fsp3) is 0.556. The second-order valence-corrected chi connectivity index (χ2v) is 6.82. The summed E-state index contributed by atoms with van der Waals surface area (Å²) in [7, 11) is 0. The molecule has 1 saturated heterocycles. The lowest BCUT2D eigenvalue weighted by atomic mass is 9.84. The predicted molar refractivity (Wildman–Crippen MR) is 80.8 cm³/mol. The van der Waals surface area contributed by atoms with Crippen LogP contribution in [0.25, 0.3) is 0 Å². The van der Waals surface area contributed by atoms with E-state index in [1.54, 1.807) is 13.0 Å². The van der Waals surface area contributed by atoms with Crippen molar-refractivity contribution in [1.82, 2.24) is 0 Å². The summed E-state index contributed by atoms with van der Waals surface area (Å²) in [5.41, 5.74) is 3.87. The van der Waals surface area contributed by atoms with Gasteiger partial charge in [-0.2, -0.15) is 0 Å². The van der Waals surface area contributed by atoms with Crippen molar-refractivity contribution in [2.24, 2.45) is 11.8 Å². The number of carbonyl (C=O) groups excluding carboxylic acids is 2. The van der Waals surface area contributed by atoms with Crippen LogP contribution in [-0.2, 0) is 23.8 Å². The maximum absolute atomic E-state index is 12.2. The number of hydrogen-bond donors (Lipinski definition) is 0. The molecule has 2 aliphatic heterocycles. The Bertz CT molecular complexity index is 669. The molecule has 1 fully saturated rings. The van der Waals surface area contributed by atoms with Gasteiger partial charge in [0.25, 0.3) is 6.29 Å². The van der Waals surface area contributed by atoms with Crippen LogP contribution in [0.5, 0.6) is 0 Å². The average Bonchev–Trinajstić information content (AvgIpc) is 3.10. The summed E-state index contributed by atoms with van der Waals surface area (Å²) in [6, 6.07) is 0. The molecule has 5 heteroatoms. The van der Waals surface area contributed by atoms with Gasteiger partial charge in [-0.1, -0.05) is 12.5 Å². The van der Waals surface area contributed by atoms with Crippen LogP contribution < -0.4 is 0 Å². The van der Waals surface area contributed by atoms with Crippen molar-refractivity contribution in [2.45, 2.75) is 51.9 Å². The summed E-state index contributed by atoms with van der Waals surface area (Å²) in [5.74, 6) is -0.153. The SMILES string of the molecule is CC1=CC(O/C=C2\C(=O)OC3C4=C(CCCC4C)CC23)OC1=O. The Kier molecular flexibility index (Phi) is 3.32. The van der Waals surface area contributed by atoms with Crippen LogP contribution in [0.3, 0.4) is 0 Å². The zero-order valence-corrected chi connectivity index (χ0v) is 13.3. The minimum Gasteiger partial charge on any atom is -0.458 e. The summed E-state index contributed by atoms with van der Waals surface area (Å²) in [6.07, 6.45) is 6.55. The number of fused-ring (bicyclic) bond motifs is 2. The molecule has 0 bridgehead atoms. The molecule has 0 radical (unpaired) electrons. The van der Waals surface area contributed by atoms with Crippen molar-refractivity contribution in [3.63, 3.8) is 0 Å². The Labute approximate surface area is 135 Å². The second-order valence-electron chi connectivity index (χ2n) is 6.82. The van der Waals surface area contributed by atoms with E-state index in [9.17, 15) is 9.59 Å². The lowest BCUT2D eigenvalue weighted by Gasteiger charge is -2.24. The first kappa shape index (κ1) is 14.5. The molecule has 0 saturated carbocycles. The van der Waals surface area contributed by atoms with Crippen LogP contribution in [0.4, 0.5) is 0 Å². The third-order valence-electron chi connectivity index (χ3n) is 5.32. The summed E-state index contributed by atoms with van der Waals surface area (Å²) >= 11 is 0. The Morgan fingerprint density at radius 2 is 2.09 bits per heavy atom. The Morgan fingerprint density at radius 3 is 2.83 bits per heavy atom. The summed E-state index contributed by atoms with van der Waals surface area (Å²) in [5, 5.41) is 0. The molecule has 4 unspecified atom stereocenters. The first-order chi connectivity index (χ1) is 11.0. The normalized spacial score (nSPS) is 37.5. The number of carbonyl (C=O) groups is 2. The first-order valence-corrected chi connectivity index (χ1v) is 8.22. The fourth-order valence-corrected chi connectivity index (χ4v) is 4.16. The fourth-order valence-electron chi connectivity index (χ4n) is 4.16. The van der Waals surface area contributed by atoms with Gasteiger partial charge in [0.1, 0.15) is 6.10 Å². The summed E-state index contributed by atoms with van der Waals surface area (Å²) < 4.78 is 16.1. The minimum absolute atomic E-state index is 0.0511. The van der Waals surface area contributed by atoms with Crippen molar-refractivity contribution in [2.75, 3.05) is 0 Å². The van der Waals surface area contributed by atoms with E-state index >= 15 is 0 Å². The molecule has 0 spiro atoms. The highest BCUT2D eigenvalue weighted by molar-refractivity contribution is 5.92. The number of allylic oxidation sites excluding steroid dienone is 1. The molecule has 0 amide bonds. The lowest BCUT2D eigenvalue weighted by molar-refractivity contribution is -0.152. The number of rotatable bonds is 2. The van der Waals surface area contributed by atoms with Gasteiger partial charge in [-0.3, -0.25) is 0 Å². The van der Waals surface area contributed by atoms with E-state index in [-0.39, 0.29) is 24.0 Å². The van der Waals surface area contributed by atoms with Crippen molar-refractivity contribution < 1.29 is 23.8 Å². The Hall–Kier alpha value is -2.04. The van der Waals surface area contributed by atoms with Gasteiger partial charge in [-0.05, 0) is 44.1 Å². The number of ether oxygens (including phenoxy) is 3. The highest BCUT2D eigenvalue weighted by Gasteiger charge is 2.49. The molecule has 23 heavy (non-hydrogen) atoms. The highest BCUT2D eigenvalue weighted by Crippen LogP contribution is 2.50. The van der Waals surface area contributed by atoms with Crippen molar-refractivity contribution in [3.8, 4) is 0 Å². The van der Waals surface area contributed by atoms with E-state index < -0.39 is 6.29 Å². The quantitative estimate of drug-likeness (QED) is 0.339. The van der Waals surface area contributed by atoms with Gasteiger partial charge in [0, 0.05) is 17.6 Å². The van der Waals surface area contributed by atoms with Gasteiger partial charge in [0.15, 0.2) is 0 Å². The minimum atomic E-state index is -0.746. The maximum atomic E-state index is 12.2. The Balaban J connectivity index is 1.52. The molecule has 0 aromatic rings. The van der Waals surface area contributed by atoms with Crippen molar-refractivity contribution in [1.29, 1.82) is 0 Å². The molecular formula is C18H20O5. The van der Waals surface area contributed by atoms with Crippen LogP contribution in [0.1, 0.15) is 39.5 Å². The number of esters is 2. The first-order valence-electron chi connectivity index (χ1n) is 8.22. The lowest BCUT2D eigenvalue weighted by Crippen LogP contribution is -2.19. The molecule has 2 aliphatic carbocycles. The van der Waals surface area contributed by atoms with Crippen LogP contribution in [0, 0.1) is 11.8 Å². The molecule has 2 heterocycles. The van der Waals surface area contributed by atoms with Crippen molar-refractivity contribution in [3.05, 3.63) is 34.6 Å². The third kappa shape index (κ3) is 2.30. The van der Waals surface area contributed by atoms with Crippen LogP contribution in [0.15, 0.2) is 34.6 Å². The molecule has 5 nitrogen and oxygen atoms in total. The molecule has 4 atom stereocenters. The summed E-state index contributed by atoms with van der Waals surface area (Å²) in [4.78, 5) is 23.5. The van der Waals surface area contributed by atoms with Crippen LogP contribution >= 0.6 is 0 Å². The van der Waals surface area contributed by atoms with Crippen LogP contribution in [-0.4, -0.2) is 24.3 Å². The predicted octanol–water partition coefficient (Wildman–Crippen LogP) is 2.78. The molecule has 0 aromatic heterocycles. The molecule has 0 N–H and O–H groups in total. The number of hydrogen-bond acceptors (Lipinski definition) is 5. The zero-order chi connectivity index (χ0) is 16.1. The second kappa shape index (κ2) is 5.25.